The molecule has 1 saturated heterocycles. The summed E-state index contributed by atoms with van der Waals surface area (Å²) in [6.45, 7) is 20.1. The quantitative estimate of drug-likeness (QED) is 0.531. The Kier molecular flexibility index (Phi) is 5.84. The van der Waals surface area contributed by atoms with Crippen LogP contribution in [0.5, 0.6) is 0 Å². The highest BCUT2D eigenvalue weighted by atomic mass is 28.4. The average molecular weight is 434 g/mol. The molecule has 1 fully saturated rings. The van der Waals surface area contributed by atoms with Crippen LogP contribution in [0.25, 0.3) is 0 Å². The van der Waals surface area contributed by atoms with E-state index >= 15 is 0 Å². The molecule has 0 unspecified atom stereocenters. The first-order valence-electron chi connectivity index (χ1n) is 9.93. The molecule has 0 radical (unpaired) electrons. The number of hydrogen-bond acceptors (Lipinski definition) is 6. The molecule has 0 bridgehead atoms. The predicted molar refractivity (Wildman–Crippen MR) is 117 cm³/mol. The standard InChI is InChI=1S/C23H27N5O2Si/c1-14-9-17(15(2)23(12-26,13-27)22(14,10-24)11-25)19-18(20(29)28-19)16(3)30-31(7,8)21(4,5)6/h9,16,18-19H,1-2H2,3-8H3,(H,28,29)/t16-,18-,19-/m1/s1. The molecule has 7 nitrogen and oxygen atoms in total. The van der Waals surface area contributed by atoms with E-state index in [-0.39, 0.29) is 22.1 Å². The number of nitrogens with zero attached hydrogens (tertiary/aromatic N) is 4. The maximum atomic E-state index is 12.5. The number of allylic oxidation sites excluding steroid dienone is 2. The number of nitriles is 4. The van der Waals surface area contributed by atoms with Crippen molar-refractivity contribution in [1.82, 2.24) is 5.32 Å². The number of amides is 1. The van der Waals surface area contributed by atoms with Crippen molar-refractivity contribution in [3.8, 4) is 24.3 Å². The third-order valence-electron chi connectivity index (χ3n) is 6.93. The number of β-lactam (4-membered cyclic amide) rings is 1. The summed E-state index contributed by atoms with van der Waals surface area (Å²) in [5.41, 5.74) is -3.73. The summed E-state index contributed by atoms with van der Waals surface area (Å²) in [5, 5.41) is 42.0. The van der Waals surface area contributed by atoms with Crippen LogP contribution in [0, 0.1) is 62.1 Å². The van der Waals surface area contributed by atoms with Gasteiger partial charge < -0.3 is 9.74 Å². The third kappa shape index (κ3) is 3.21. The van der Waals surface area contributed by atoms with Crippen molar-refractivity contribution in [3.05, 3.63) is 36.0 Å². The van der Waals surface area contributed by atoms with Crippen LogP contribution >= 0.6 is 0 Å². The van der Waals surface area contributed by atoms with E-state index in [4.69, 9.17) is 4.43 Å². The van der Waals surface area contributed by atoms with Crippen LogP contribution in [-0.4, -0.2) is 26.4 Å². The fourth-order valence-electron chi connectivity index (χ4n) is 3.87. The maximum absolute atomic E-state index is 12.5. The SMILES string of the molecule is C=C1C=C([C@H]2NC(=O)[C@@H]2[C@@H](C)O[Si](C)(C)C(C)(C)C)C(=C)C(C#N)(C#N)C1(C#N)C#N. The molecule has 160 valence electrons. The second-order valence-corrected chi connectivity index (χ2v) is 14.4. The van der Waals surface area contributed by atoms with Crippen molar-refractivity contribution in [2.24, 2.45) is 16.7 Å². The Balaban J connectivity index is 2.51. The van der Waals surface area contributed by atoms with Gasteiger partial charge in [0.05, 0.1) is 42.3 Å². The zero-order valence-corrected chi connectivity index (χ0v) is 19.8. The molecule has 8 heteroatoms. The lowest BCUT2D eigenvalue weighted by atomic mass is 9.53. The van der Waals surface area contributed by atoms with Gasteiger partial charge in [0.2, 0.25) is 16.7 Å². The van der Waals surface area contributed by atoms with Crippen LogP contribution in [0.1, 0.15) is 27.7 Å². The zero-order valence-electron chi connectivity index (χ0n) is 18.8. The molecule has 0 saturated carbocycles. The summed E-state index contributed by atoms with van der Waals surface area (Å²) >= 11 is 0. The molecule has 1 aliphatic carbocycles. The molecular weight excluding hydrogens is 406 g/mol. The van der Waals surface area contributed by atoms with Gasteiger partial charge in [-0.05, 0) is 41.8 Å². The molecular formula is C23H27N5O2Si. The Bertz CT molecular complexity index is 1020. The van der Waals surface area contributed by atoms with Crippen molar-refractivity contribution in [2.45, 2.75) is 58.0 Å². The second kappa shape index (κ2) is 7.51. The Morgan fingerprint density at radius 3 is 1.97 bits per heavy atom. The van der Waals surface area contributed by atoms with Crippen molar-refractivity contribution in [3.63, 3.8) is 0 Å². The van der Waals surface area contributed by atoms with Crippen molar-refractivity contribution >= 4 is 14.2 Å². The lowest BCUT2D eigenvalue weighted by molar-refractivity contribution is -0.138. The van der Waals surface area contributed by atoms with Gasteiger partial charge in [0.1, 0.15) is 0 Å². The first-order valence-corrected chi connectivity index (χ1v) is 12.8. The van der Waals surface area contributed by atoms with E-state index in [0.29, 0.717) is 5.57 Å². The van der Waals surface area contributed by atoms with Crippen LogP contribution in [0.3, 0.4) is 0 Å². The zero-order chi connectivity index (χ0) is 24.0. The molecule has 0 spiro atoms. The topological polar surface area (TPSA) is 133 Å². The summed E-state index contributed by atoms with van der Waals surface area (Å²) < 4.78 is 6.41. The Morgan fingerprint density at radius 2 is 1.58 bits per heavy atom. The van der Waals surface area contributed by atoms with Crippen LogP contribution < -0.4 is 5.32 Å². The third-order valence-corrected chi connectivity index (χ3v) is 11.5. The monoisotopic (exact) mass is 433 g/mol. The molecule has 1 N–H and O–H groups in total. The van der Waals surface area contributed by atoms with Gasteiger partial charge in [-0.3, -0.25) is 4.79 Å². The molecule has 2 rings (SSSR count). The molecule has 1 heterocycles. The molecule has 0 aromatic heterocycles. The predicted octanol–water partition coefficient (Wildman–Crippen LogP) is 3.63. The minimum absolute atomic E-state index is 0.0286. The average Bonchev–Trinajstić information content (AvgIpc) is 2.66. The van der Waals surface area contributed by atoms with Gasteiger partial charge in [-0.2, -0.15) is 21.0 Å². The highest BCUT2D eigenvalue weighted by Crippen LogP contribution is 2.55. The van der Waals surface area contributed by atoms with E-state index < -0.39 is 37.2 Å². The van der Waals surface area contributed by atoms with Crippen LogP contribution in [0.15, 0.2) is 36.0 Å². The minimum atomic E-state index is -2.16. The molecule has 31 heavy (non-hydrogen) atoms. The molecule has 0 aromatic carbocycles. The van der Waals surface area contributed by atoms with Crippen molar-refractivity contribution < 1.29 is 9.22 Å². The summed E-state index contributed by atoms with van der Waals surface area (Å²) in [6.07, 6.45) is 1.08. The van der Waals surface area contributed by atoms with Gasteiger partial charge in [0.15, 0.2) is 8.32 Å². The van der Waals surface area contributed by atoms with Crippen LogP contribution in [-0.2, 0) is 9.22 Å². The number of rotatable bonds is 4. The van der Waals surface area contributed by atoms with E-state index in [2.05, 4.69) is 52.3 Å². The first-order chi connectivity index (χ1) is 14.2. The van der Waals surface area contributed by atoms with Gasteiger partial charge in [-0.1, -0.05) is 40.0 Å². The summed E-state index contributed by atoms with van der Waals surface area (Å²) in [5.74, 6) is -0.760. The lowest BCUT2D eigenvalue weighted by Crippen LogP contribution is -2.65. The molecule has 1 aliphatic heterocycles. The molecule has 1 amide bonds. The van der Waals surface area contributed by atoms with Gasteiger partial charge in [-0.15, -0.1) is 0 Å². The first kappa shape index (κ1) is 24.1. The van der Waals surface area contributed by atoms with Gasteiger partial charge in [0, 0.05) is 0 Å². The van der Waals surface area contributed by atoms with Gasteiger partial charge in [-0.25, -0.2) is 0 Å². The van der Waals surface area contributed by atoms with Crippen molar-refractivity contribution in [2.75, 3.05) is 0 Å². The normalized spacial score (nSPS) is 25.5. The van der Waals surface area contributed by atoms with Gasteiger partial charge in [0.25, 0.3) is 0 Å². The lowest BCUT2D eigenvalue weighted by Gasteiger charge is -2.48. The highest BCUT2D eigenvalue weighted by molar-refractivity contribution is 6.74. The summed E-state index contributed by atoms with van der Waals surface area (Å²) in [7, 11) is -2.16. The van der Waals surface area contributed by atoms with E-state index in [9.17, 15) is 25.8 Å². The number of carbonyl (C=O) groups excluding carboxylic acids is 1. The molecule has 2 aliphatic rings. The maximum Gasteiger partial charge on any atom is 0.228 e. The van der Waals surface area contributed by atoms with E-state index in [1.165, 1.54) is 6.08 Å². The smallest absolute Gasteiger partial charge is 0.228 e. The fourth-order valence-corrected chi connectivity index (χ4v) is 5.30. The minimum Gasteiger partial charge on any atom is -0.413 e. The number of hydrogen-bond donors (Lipinski definition) is 1. The van der Waals surface area contributed by atoms with E-state index in [0.717, 1.165) is 0 Å². The van der Waals surface area contributed by atoms with E-state index in [1.54, 1.807) is 0 Å². The Hall–Kier alpha value is -3.17. The Labute approximate surface area is 185 Å². The number of carbonyl (C=O) groups is 1. The second-order valence-electron chi connectivity index (χ2n) is 9.65. The molecule has 0 aromatic rings. The van der Waals surface area contributed by atoms with Crippen LogP contribution in [0.2, 0.25) is 18.1 Å². The van der Waals surface area contributed by atoms with Crippen molar-refractivity contribution in [1.29, 1.82) is 21.0 Å². The van der Waals surface area contributed by atoms with Gasteiger partial charge >= 0.3 is 0 Å². The number of nitrogens with one attached hydrogen (secondary N) is 1. The fraction of sp³-hybridized carbons (Fsp3) is 0.522. The highest BCUT2D eigenvalue weighted by Gasteiger charge is 2.63. The Morgan fingerprint density at radius 1 is 1.10 bits per heavy atom. The largest absolute Gasteiger partial charge is 0.413 e. The summed E-state index contributed by atoms with van der Waals surface area (Å²) in [6, 6.07) is 6.74. The summed E-state index contributed by atoms with van der Waals surface area (Å²) in [4.78, 5) is 12.5. The van der Waals surface area contributed by atoms with E-state index in [1.807, 2.05) is 31.2 Å². The molecule has 3 atom stereocenters. The van der Waals surface area contributed by atoms with Crippen LogP contribution in [0.4, 0.5) is 0 Å².